The first-order valence-electron chi connectivity index (χ1n) is 3.23. The molecule has 0 bridgehead atoms. The van der Waals surface area contributed by atoms with Crippen LogP contribution in [0, 0.1) is 0 Å². The second kappa shape index (κ2) is 4.06. The van der Waals surface area contributed by atoms with Gasteiger partial charge >= 0.3 is 5.97 Å². The van der Waals surface area contributed by atoms with Crippen LogP contribution in [0.1, 0.15) is 25.7 Å². The zero-order valence-electron chi connectivity index (χ0n) is 5.97. The van der Waals surface area contributed by atoms with Crippen LogP contribution in [-0.4, -0.2) is 11.1 Å². The van der Waals surface area contributed by atoms with Crippen LogP contribution >= 0.6 is 0 Å². The molecule has 0 aliphatic heterocycles. The van der Waals surface area contributed by atoms with Crippen molar-refractivity contribution in [3.63, 3.8) is 0 Å². The van der Waals surface area contributed by atoms with Crippen molar-refractivity contribution >= 4 is 5.97 Å². The van der Waals surface area contributed by atoms with Gasteiger partial charge in [0.1, 0.15) is 0 Å². The summed E-state index contributed by atoms with van der Waals surface area (Å²) < 4.78 is 0. The van der Waals surface area contributed by atoms with Crippen molar-refractivity contribution in [2.45, 2.75) is 25.7 Å². The third-order valence-electron chi connectivity index (χ3n) is 1.57. The molecule has 0 amide bonds. The Bertz CT molecular complexity index is 152. The maximum atomic E-state index is 10.3. The van der Waals surface area contributed by atoms with Gasteiger partial charge in [0.2, 0.25) is 0 Å². The first-order valence-corrected chi connectivity index (χ1v) is 3.23. The van der Waals surface area contributed by atoms with Crippen molar-refractivity contribution in [1.29, 1.82) is 0 Å². The molecule has 4 N–H and O–H groups in total. The number of carboxylic acid groups (broad SMARTS) is 1. The largest absolute Gasteiger partial charge is 0.478 e. The van der Waals surface area contributed by atoms with Gasteiger partial charge in [0.25, 0.3) is 0 Å². The van der Waals surface area contributed by atoms with E-state index < -0.39 is 5.97 Å². The Morgan fingerprint density at radius 1 is 1.50 bits per heavy atom. The van der Waals surface area contributed by atoms with Gasteiger partial charge in [0.15, 0.2) is 0 Å². The highest BCUT2D eigenvalue weighted by Gasteiger charge is 2.08. The van der Waals surface area contributed by atoms with E-state index in [1.54, 1.807) is 0 Å². The van der Waals surface area contributed by atoms with Crippen LogP contribution < -0.4 is 6.15 Å². The van der Waals surface area contributed by atoms with Crippen molar-refractivity contribution in [3.8, 4) is 0 Å². The molecule has 0 unspecified atom stereocenters. The lowest BCUT2D eigenvalue weighted by Crippen LogP contribution is -2.03. The molecule has 1 aliphatic carbocycles. The monoisotopic (exact) mass is 143 g/mol. The van der Waals surface area contributed by atoms with E-state index in [0.29, 0.717) is 5.57 Å². The normalized spacial score (nSPS) is 17.0. The molecule has 0 fully saturated rings. The minimum atomic E-state index is -0.741. The van der Waals surface area contributed by atoms with E-state index in [2.05, 4.69) is 0 Å². The molecule has 0 heterocycles. The minimum Gasteiger partial charge on any atom is -0.478 e. The van der Waals surface area contributed by atoms with Crippen LogP contribution in [0.5, 0.6) is 0 Å². The minimum absolute atomic E-state index is 0. The van der Waals surface area contributed by atoms with Gasteiger partial charge in [-0.25, -0.2) is 4.79 Å². The highest BCUT2D eigenvalue weighted by atomic mass is 16.4. The lowest BCUT2D eigenvalue weighted by molar-refractivity contribution is -0.132. The van der Waals surface area contributed by atoms with Crippen molar-refractivity contribution in [2.75, 3.05) is 0 Å². The van der Waals surface area contributed by atoms with Gasteiger partial charge in [-0.2, -0.15) is 0 Å². The molecule has 0 aromatic rings. The number of aliphatic carboxylic acids is 1. The van der Waals surface area contributed by atoms with Crippen molar-refractivity contribution in [1.82, 2.24) is 6.15 Å². The highest BCUT2D eigenvalue weighted by molar-refractivity contribution is 5.86. The predicted octanol–water partition coefficient (Wildman–Crippen LogP) is 1.73. The number of hydrogen-bond acceptors (Lipinski definition) is 2. The fourth-order valence-electron chi connectivity index (χ4n) is 1.03. The van der Waals surface area contributed by atoms with Gasteiger partial charge in [-0.3, -0.25) is 0 Å². The van der Waals surface area contributed by atoms with E-state index in [-0.39, 0.29) is 6.15 Å². The highest BCUT2D eigenvalue weighted by Crippen LogP contribution is 2.16. The van der Waals surface area contributed by atoms with Crippen molar-refractivity contribution in [2.24, 2.45) is 0 Å². The van der Waals surface area contributed by atoms with Gasteiger partial charge in [-0.05, 0) is 25.7 Å². The first-order chi connectivity index (χ1) is 4.30. The van der Waals surface area contributed by atoms with Crippen LogP contribution in [0.4, 0.5) is 0 Å². The molecule has 0 aromatic carbocycles. The van der Waals surface area contributed by atoms with Crippen LogP contribution in [0.2, 0.25) is 0 Å². The molecular formula is C7H13NO2. The summed E-state index contributed by atoms with van der Waals surface area (Å²) in [5.74, 6) is -0.741. The smallest absolute Gasteiger partial charge is 0.331 e. The summed E-state index contributed by atoms with van der Waals surface area (Å²) in [6.45, 7) is 0. The maximum Gasteiger partial charge on any atom is 0.331 e. The summed E-state index contributed by atoms with van der Waals surface area (Å²) >= 11 is 0. The lowest BCUT2D eigenvalue weighted by atomic mass is 10.0. The Kier molecular flexibility index (Phi) is 3.72. The van der Waals surface area contributed by atoms with E-state index in [1.807, 2.05) is 6.08 Å². The molecule has 58 valence electrons. The molecule has 0 saturated heterocycles. The number of rotatable bonds is 1. The third kappa shape index (κ3) is 2.19. The fourth-order valence-corrected chi connectivity index (χ4v) is 1.03. The molecule has 0 saturated carbocycles. The van der Waals surface area contributed by atoms with E-state index >= 15 is 0 Å². The van der Waals surface area contributed by atoms with E-state index in [4.69, 9.17) is 5.11 Å². The van der Waals surface area contributed by atoms with Crippen LogP contribution in [-0.2, 0) is 4.79 Å². The zero-order chi connectivity index (χ0) is 6.69. The molecule has 0 atom stereocenters. The average Bonchev–Trinajstić information content (AvgIpc) is 1.90. The zero-order valence-corrected chi connectivity index (χ0v) is 5.97. The second-order valence-electron chi connectivity index (χ2n) is 2.28. The van der Waals surface area contributed by atoms with Crippen LogP contribution in [0.15, 0.2) is 11.6 Å². The molecule has 1 aliphatic rings. The van der Waals surface area contributed by atoms with Gasteiger partial charge in [-0.15, -0.1) is 0 Å². The summed E-state index contributed by atoms with van der Waals surface area (Å²) in [6, 6.07) is 0. The van der Waals surface area contributed by atoms with Crippen molar-refractivity contribution in [3.05, 3.63) is 11.6 Å². The standard InChI is InChI=1S/C7H10O2.H3N/c8-7(9)6-4-2-1-3-5-6;/h4H,1-3,5H2,(H,8,9);1H3. The van der Waals surface area contributed by atoms with Gasteiger partial charge in [0.05, 0.1) is 0 Å². The maximum absolute atomic E-state index is 10.3. The Labute approximate surface area is 60.3 Å². The Hall–Kier alpha value is -0.830. The van der Waals surface area contributed by atoms with E-state index in [9.17, 15) is 4.79 Å². The van der Waals surface area contributed by atoms with Crippen molar-refractivity contribution < 1.29 is 9.90 Å². The number of allylic oxidation sites excluding steroid dienone is 1. The number of carboxylic acids is 1. The molecule has 3 nitrogen and oxygen atoms in total. The number of carbonyl (C=O) groups is 1. The molecular weight excluding hydrogens is 130 g/mol. The topological polar surface area (TPSA) is 72.3 Å². The molecule has 0 radical (unpaired) electrons. The lowest BCUT2D eigenvalue weighted by Gasteiger charge is -2.06. The van der Waals surface area contributed by atoms with E-state index in [1.165, 1.54) is 0 Å². The number of hydrogen-bond donors (Lipinski definition) is 2. The van der Waals surface area contributed by atoms with Crippen LogP contribution in [0.25, 0.3) is 0 Å². The van der Waals surface area contributed by atoms with Gasteiger partial charge < -0.3 is 11.3 Å². The SMILES string of the molecule is N.O=C(O)C1=CCCCC1. The summed E-state index contributed by atoms with van der Waals surface area (Å²) in [7, 11) is 0. The predicted molar refractivity (Wildman–Crippen MR) is 39.2 cm³/mol. The average molecular weight is 143 g/mol. The molecule has 0 spiro atoms. The van der Waals surface area contributed by atoms with Gasteiger partial charge in [0, 0.05) is 5.57 Å². The summed E-state index contributed by atoms with van der Waals surface area (Å²) in [5, 5.41) is 8.47. The first kappa shape index (κ1) is 9.17. The fraction of sp³-hybridized carbons (Fsp3) is 0.571. The Morgan fingerprint density at radius 3 is 2.50 bits per heavy atom. The second-order valence-corrected chi connectivity index (χ2v) is 2.28. The van der Waals surface area contributed by atoms with Gasteiger partial charge in [-0.1, -0.05) is 6.08 Å². The summed E-state index contributed by atoms with van der Waals surface area (Å²) in [5.41, 5.74) is 0.598. The van der Waals surface area contributed by atoms with E-state index in [0.717, 1.165) is 25.7 Å². The molecule has 1 rings (SSSR count). The summed E-state index contributed by atoms with van der Waals surface area (Å²) in [4.78, 5) is 10.3. The molecule has 0 aromatic heterocycles. The summed E-state index contributed by atoms with van der Waals surface area (Å²) in [6.07, 6.45) is 5.72. The molecule has 10 heavy (non-hydrogen) atoms. The third-order valence-corrected chi connectivity index (χ3v) is 1.57. The molecule has 3 heteroatoms. The quantitative estimate of drug-likeness (QED) is 0.587. The van der Waals surface area contributed by atoms with Crippen LogP contribution in [0.3, 0.4) is 0 Å². The Balaban J connectivity index is 0.000000810. The Morgan fingerprint density at radius 2 is 2.20 bits per heavy atom.